The van der Waals surface area contributed by atoms with Crippen LogP contribution in [-0.2, 0) is 0 Å². The van der Waals surface area contributed by atoms with Crippen molar-refractivity contribution >= 4 is 11.6 Å². The van der Waals surface area contributed by atoms with Crippen LogP contribution in [0.1, 0.15) is 91.9 Å². The molecule has 2 nitrogen and oxygen atoms in total. The third-order valence-electron chi connectivity index (χ3n) is 5.14. The number of halogens is 1. The first-order valence-electron chi connectivity index (χ1n) is 9.88. The van der Waals surface area contributed by atoms with Crippen LogP contribution in [0.2, 0.25) is 0 Å². The lowest BCUT2D eigenvalue weighted by Crippen LogP contribution is -2.44. The van der Waals surface area contributed by atoms with Crippen molar-refractivity contribution in [3.8, 4) is 5.75 Å². The highest BCUT2D eigenvalue weighted by Crippen LogP contribution is 2.44. The van der Waals surface area contributed by atoms with Gasteiger partial charge in [-0.3, -0.25) is 0 Å². The lowest BCUT2D eigenvalue weighted by Gasteiger charge is -2.41. The second-order valence-electron chi connectivity index (χ2n) is 7.61. The van der Waals surface area contributed by atoms with Gasteiger partial charge in [-0.05, 0) is 25.0 Å². The lowest BCUT2D eigenvalue weighted by molar-refractivity contribution is 0.0210. The maximum absolute atomic E-state index is 6.92. The highest BCUT2D eigenvalue weighted by Gasteiger charge is 2.44. The van der Waals surface area contributed by atoms with Gasteiger partial charge in [-0.2, -0.15) is 0 Å². The Hall–Kier alpha value is -0.730. The largest absolute Gasteiger partial charge is 0.471 e. The fourth-order valence-corrected chi connectivity index (χ4v) is 3.44. The minimum absolute atomic E-state index is 0. The topological polar surface area (TPSA) is 44.2 Å². The molecule has 0 aromatic heterocycles. The Morgan fingerprint density at radius 3 is 1.88 bits per heavy atom. The molecule has 0 fully saturated rings. The molecule has 0 aliphatic heterocycles. The van der Waals surface area contributed by atoms with Gasteiger partial charge in [0.15, 0.2) is 5.06 Å². The van der Waals surface area contributed by atoms with E-state index in [9.17, 15) is 0 Å². The molecule has 1 rings (SSSR count). The van der Waals surface area contributed by atoms with Crippen LogP contribution in [0.25, 0.3) is 0 Å². The van der Waals surface area contributed by atoms with Gasteiger partial charge >= 0.3 is 0 Å². The van der Waals surface area contributed by atoms with E-state index in [0.29, 0.717) is 0 Å². The Balaban J connectivity index is 0.00000576. The van der Waals surface area contributed by atoms with E-state index in [1.165, 1.54) is 51.4 Å². The predicted molar refractivity (Wildman–Crippen MR) is 112 cm³/mol. The molecule has 1 unspecified atom stereocenters. The zero-order valence-corrected chi connectivity index (χ0v) is 17.7. The number of benzene rings is 1. The van der Waals surface area contributed by atoms with Crippen LogP contribution in [0.5, 0.6) is 5.75 Å². The van der Waals surface area contributed by atoms with Crippen molar-refractivity contribution in [3.05, 3.63) is 30.3 Å². The summed E-state index contributed by atoms with van der Waals surface area (Å²) in [6, 6.07) is 9.96. The van der Waals surface area contributed by atoms with Gasteiger partial charge in [-0.1, -0.05) is 109 Å². The summed E-state index contributed by atoms with van der Waals surface area (Å²) in [6.45, 7) is 8.87. The van der Waals surface area contributed by atoms with E-state index >= 15 is 0 Å². The predicted octanol–water partition coefficient (Wildman–Crippen LogP) is 8.13. The van der Waals surface area contributed by atoms with E-state index in [2.05, 4.69) is 27.7 Å². The van der Waals surface area contributed by atoms with Gasteiger partial charge in [0, 0.05) is 5.41 Å². The summed E-state index contributed by atoms with van der Waals surface area (Å²) >= 11 is 6.92. The van der Waals surface area contributed by atoms with Crippen LogP contribution >= 0.6 is 11.6 Å². The fraction of sp³-hybridized carbons (Fsp3) is 0.727. The molecule has 0 saturated carbocycles. The van der Waals surface area contributed by atoms with Crippen molar-refractivity contribution < 1.29 is 4.74 Å². The summed E-state index contributed by atoms with van der Waals surface area (Å²) in [7, 11) is 0. The first kappa shape index (κ1) is 24.3. The maximum atomic E-state index is 6.92. The van der Waals surface area contributed by atoms with Crippen molar-refractivity contribution in [2.24, 2.45) is 5.41 Å². The van der Waals surface area contributed by atoms with Gasteiger partial charge in [-0.25, -0.2) is 0 Å². The Morgan fingerprint density at radius 2 is 1.36 bits per heavy atom. The Labute approximate surface area is 161 Å². The normalized spacial score (nSPS) is 13.8. The summed E-state index contributed by atoms with van der Waals surface area (Å²) in [5, 5.41) is -0.643. The molecule has 3 N–H and O–H groups in total. The van der Waals surface area contributed by atoms with E-state index in [0.717, 1.165) is 18.6 Å². The number of hydrogen-bond acceptors (Lipinski definition) is 2. The average Bonchev–Trinajstić information content (AvgIpc) is 2.58. The van der Waals surface area contributed by atoms with Crippen LogP contribution in [0.3, 0.4) is 0 Å². The molecule has 0 heterocycles. The zero-order valence-electron chi connectivity index (χ0n) is 17.0. The standard InChI is InChI=1S/C22H37ClO.H3N/c1-5-7-8-9-10-11-12-16-19-21(3,4)22(23,6-2)24-20-17-14-13-15-18-20;/h13-15,17-18H,5-12,16,19H2,1-4H3;1H3. The summed E-state index contributed by atoms with van der Waals surface area (Å²) in [5.74, 6) is 0.860. The highest BCUT2D eigenvalue weighted by atomic mass is 35.5. The molecular weight excluding hydrogens is 330 g/mol. The molecule has 3 heteroatoms. The molecule has 0 aliphatic carbocycles. The monoisotopic (exact) mass is 369 g/mol. The van der Waals surface area contributed by atoms with Crippen molar-refractivity contribution in [3.63, 3.8) is 0 Å². The van der Waals surface area contributed by atoms with Crippen molar-refractivity contribution in [2.75, 3.05) is 0 Å². The Bertz CT molecular complexity index is 435. The lowest BCUT2D eigenvalue weighted by atomic mass is 9.79. The number of rotatable bonds is 13. The fourth-order valence-electron chi connectivity index (χ4n) is 3.25. The second kappa shape index (κ2) is 12.6. The quantitative estimate of drug-likeness (QED) is 0.281. The summed E-state index contributed by atoms with van der Waals surface area (Å²) in [5.41, 5.74) is -0.0542. The van der Waals surface area contributed by atoms with Crippen molar-refractivity contribution in [1.29, 1.82) is 0 Å². The zero-order chi connectivity index (χ0) is 17.9. The van der Waals surface area contributed by atoms with E-state index in [4.69, 9.17) is 16.3 Å². The molecule has 146 valence electrons. The molecule has 1 aromatic rings. The smallest absolute Gasteiger partial charge is 0.187 e. The molecule has 1 atom stereocenters. The molecule has 0 bridgehead atoms. The molecule has 1 aromatic carbocycles. The van der Waals surface area contributed by atoms with E-state index in [1.54, 1.807) is 0 Å². The number of hydrogen-bond donors (Lipinski definition) is 1. The number of alkyl halides is 1. The molecule has 0 aliphatic rings. The molecule has 25 heavy (non-hydrogen) atoms. The van der Waals surface area contributed by atoms with Gasteiger partial charge in [0.05, 0.1) is 0 Å². The van der Waals surface area contributed by atoms with E-state index in [-0.39, 0.29) is 11.6 Å². The Morgan fingerprint density at radius 1 is 0.840 bits per heavy atom. The molecule has 0 radical (unpaired) electrons. The molecular formula is C22H40ClNO. The van der Waals surface area contributed by atoms with Crippen molar-refractivity contribution in [1.82, 2.24) is 6.15 Å². The Kier molecular flexibility index (Phi) is 12.2. The van der Waals surface area contributed by atoms with Gasteiger partial charge in [0.2, 0.25) is 0 Å². The number of ether oxygens (including phenoxy) is 1. The molecule has 0 amide bonds. The number of unbranched alkanes of at least 4 members (excludes halogenated alkanes) is 7. The minimum atomic E-state index is -0.643. The first-order valence-corrected chi connectivity index (χ1v) is 10.3. The van der Waals surface area contributed by atoms with E-state index in [1.807, 2.05) is 30.3 Å². The van der Waals surface area contributed by atoms with Crippen LogP contribution in [0, 0.1) is 5.41 Å². The number of para-hydroxylation sites is 1. The third-order valence-corrected chi connectivity index (χ3v) is 6.00. The summed E-state index contributed by atoms with van der Waals surface area (Å²) in [6.07, 6.45) is 12.7. The van der Waals surface area contributed by atoms with Crippen LogP contribution in [0.15, 0.2) is 30.3 Å². The van der Waals surface area contributed by atoms with Gasteiger partial charge in [0.1, 0.15) is 5.75 Å². The SMILES string of the molecule is CCCCCCCCCCC(C)(C)C(Cl)(CC)Oc1ccccc1.N. The summed E-state index contributed by atoms with van der Waals surface area (Å²) in [4.78, 5) is 0. The highest BCUT2D eigenvalue weighted by molar-refractivity contribution is 6.23. The van der Waals surface area contributed by atoms with Crippen LogP contribution < -0.4 is 10.9 Å². The van der Waals surface area contributed by atoms with Gasteiger partial charge in [0.25, 0.3) is 0 Å². The maximum Gasteiger partial charge on any atom is 0.187 e. The van der Waals surface area contributed by atoms with E-state index < -0.39 is 5.06 Å². The van der Waals surface area contributed by atoms with Gasteiger partial charge < -0.3 is 10.9 Å². The van der Waals surface area contributed by atoms with Gasteiger partial charge in [-0.15, -0.1) is 0 Å². The van der Waals surface area contributed by atoms with Crippen molar-refractivity contribution in [2.45, 2.75) is 97.0 Å². The summed E-state index contributed by atoms with van der Waals surface area (Å²) < 4.78 is 6.20. The minimum Gasteiger partial charge on any atom is -0.471 e. The second-order valence-corrected chi connectivity index (χ2v) is 8.22. The third kappa shape index (κ3) is 8.46. The molecule has 0 spiro atoms. The average molecular weight is 370 g/mol. The molecule has 0 saturated heterocycles. The first-order chi connectivity index (χ1) is 11.4. The van der Waals surface area contributed by atoms with Crippen LogP contribution in [0.4, 0.5) is 0 Å². The van der Waals surface area contributed by atoms with Crippen LogP contribution in [-0.4, -0.2) is 5.06 Å².